The highest BCUT2D eigenvalue weighted by Gasteiger charge is 2.34. The standard InChI is InChI=1S/C36H41N9O10.HN3/c46-17-29(36(55)42-26(32(51)39-16-31(49)50)11-19-5-7-22(47)8-6-19)45-34(53)27(12-20-14-38-24-4-2-1-3-23(20)24)43-35(54)28(13-21-15-37-18-40-21)44-33(52)25-9-10-30(48)41-25;1-3-2/h1-8,14-15,18,25-29,38,46-47H,9-13,16-17H2,(H,37,40)(H,39,51)(H,41,48)(H,42,55)(H,43,54)(H,44,52)(H,45,53)(H,49,50);1H/t25-,26-,27-,28-,29-;/m0./s1. The minimum absolute atomic E-state index is 0.0469. The molecule has 5 rings (SSSR count). The number of benzene rings is 2. The summed E-state index contributed by atoms with van der Waals surface area (Å²) in [4.78, 5) is 102. The van der Waals surface area contributed by atoms with Crippen molar-refractivity contribution in [3.63, 3.8) is 0 Å². The number of aromatic nitrogens is 3. The zero-order valence-corrected chi connectivity index (χ0v) is 30.7. The second kappa shape index (κ2) is 21.0. The van der Waals surface area contributed by atoms with Gasteiger partial charge < -0.3 is 57.2 Å². The number of aliphatic hydroxyl groups is 1. The van der Waals surface area contributed by atoms with Gasteiger partial charge in [0.2, 0.25) is 35.4 Å². The highest BCUT2D eigenvalue weighted by atomic mass is 16.4. The largest absolute Gasteiger partial charge is 0.508 e. The van der Waals surface area contributed by atoms with Gasteiger partial charge in [-0.15, -0.1) is 5.53 Å². The zero-order valence-electron chi connectivity index (χ0n) is 30.7. The molecule has 5 atom stereocenters. The van der Waals surface area contributed by atoms with Gasteiger partial charge in [0.05, 0.1) is 12.9 Å². The fourth-order valence-electron chi connectivity index (χ4n) is 6.01. The van der Waals surface area contributed by atoms with E-state index in [1.807, 2.05) is 18.2 Å². The smallest absolute Gasteiger partial charge is 0.322 e. The van der Waals surface area contributed by atoms with Gasteiger partial charge in [-0.1, -0.05) is 30.3 Å². The maximum Gasteiger partial charge on any atom is 0.322 e. The van der Waals surface area contributed by atoms with Crippen molar-refractivity contribution in [3.05, 3.63) is 94.5 Å². The number of aliphatic hydroxyl groups excluding tert-OH is 1. The van der Waals surface area contributed by atoms with Crippen LogP contribution < -0.4 is 31.9 Å². The lowest BCUT2D eigenvalue weighted by atomic mass is 10.0. The molecular weight excluding hydrogens is 760 g/mol. The molecule has 12 N–H and O–H groups in total. The average molecular weight is 803 g/mol. The summed E-state index contributed by atoms with van der Waals surface area (Å²) in [6.45, 7) is -1.67. The van der Waals surface area contributed by atoms with Crippen molar-refractivity contribution in [2.45, 2.75) is 62.3 Å². The van der Waals surface area contributed by atoms with Crippen LogP contribution in [0.15, 0.2) is 67.3 Å². The highest BCUT2D eigenvalue weighted by Crippen LogP contribution is 2.20. The van der Waals surface area contributed by atoms with Crippen molar-refractivity contribution in [2.75, 3.05) is 13.2 Å². The van der Waals surface area contributed by atoms with Crippen molar-refractivity contribution >= 4 is 52.3 Å². The number of carbonyl (C=O) groups excluding carboxylic acids is 6. The van der Waals surface area contributed by atoms with E-state index in [-0.39, 0.29) is 43.8 Å². The van der Waals surface area contributed by atoms with Gasteiger partial charge >= 0.3 is 5.97 Å². The van der Waals surface area contributed by atoms with Crippen LogP contribution in [0.4, 0.5) is 0 Å². The van der Waals surface area contributed by atoms with Crippen molar-refractivity contribution in [2.24, 2.45) is 0 Å². The summed E-state index contributed by atoms with van der Waals surface area (Å²) in [7, 11) is 0. The molecule has 1 saturated heterocycles. The molecule has 2 aromatic heterocycles. The Balaban J connectivity index is 0.00000240. The maximum atomic E-state index is 14.0. The highest BCUT2D eigenvalue weighted by molar-refractivity contribution is 5.98. The van der Waals surface area contributed by atoms with Crippen LogP contribution in [0, 0.1) is 5.53 Å². The molecule has 1 aliphatic heterocycles. The van der Waals surface area contributed by atoms with Gasteiger partial charge in [0.15, 0.2) is 0 Å². The third-order valence-electron chi connectivity index (χ3n) is 8.89. The van der Waals surface area contributed by atoms with Crippen molar-refractivity contribution in [1.29, 1.82) is 5.53 Å². The first-order chi connectivity index (χ1) is 27.8. The van der Waals surface area contributed by atoms with E-state index in [4.69, 9.17) is 16.2 Å². The van der Waals surface area contributed by atoms with Gasteiger partial charge in [0.25, 0.3) is 0 Å². The Hall–Kier alpha value is -7.45. The molecular formula is C36H42N12O10. The van der Waals surface area contributed by atoms with E-state index in [0.717, 1.165) is 10.9 Å². The lowest BCUT2D eigenvalue weighted by molar-refractivity contribution is -0.138. The van der Waals surface area contributed by atoms with Gasteiger partial charge in [-0.3, -0.25) is 33.6 Å². The summed E-state index contributed by atoms with van der Waals surface area (Å²) >= 11 is 0. The Morgan fingerprint density at radius 1 is 0.862 bits per heavy atom. The third kappa shape index (κ3) is 12.5. The molecule has 0 radical (unpaired) electrons. The quantitative estimate of drug-likeness (QED) is 0.0326. The summed E-state index contributed by atoms with van der Waals surface area (Å²) in [6.07, 6.45) is 4.58. The number of phenols is 1. The first-order valence-corrected chi connectivity index (χ1v) is 17.7. The van der Waals surface area contributed by atoms with Crippen LogP contribution in [0.25, 0.3) is 21.3 Å². The summed E-state index contributed by atoms with van der Waals surface area (Å²) in [5.74, 6) is -5.81. The van der Waals surface area contributed by atoms with Gasteiger partial charge in [-0.2, -0.15) is 0 Å². The van der Waals surface area contributed by atoms with Crippen LogP contribution in [-0.4, -0.2) is 115 Å². The van der Waals surface area contributed by atoms with Crippen LogP contribution in [0.5, 0.6) is 5.75 Å². The summed E-state index contributed by atoms with van der Waals surface area (Å²) in [6, 6.07) is 6.45. The number of para-hydroxylation sites is 1. The number of amides is 6. The number of carbonyl (C=O) groups is 7. The molecule has 6 amide bonds. The number of phenolic OH excluding ortho intramolecular Hbond substituents is 1. The van der Waals surface area contributed by atoms with E-state index in [2.05, 4.69) is 46.9 Å². The fraction of sp³-hybridized carbons (Fsp3) is 0.333. The number of hydrogen-bond donors (Lipinski definition) is 12. The van der Waals surface area contributed by atoms with Crippen molar-refractivity contribution in [1.82, 2.24) is 46.9 Å². The van der Waals surface area contributed by atoms with E-state index in [1.54, 1.807) is 17.2 Å². The summed E-state index contributed by atoms with van der Waals surface area (Å²) < 4.78 is 0. The molecule has 0 bridgehead atoms. The number of aromatic amines is 2. The number of aromatic hydroxyl groups is 1. The number of hydrogen-bond acceptors (Lipinski definition) is 11. The van der Waals surface area contributed by atoms with E-state index in [0.29, 0.717) is 16.8 Å². The molecule has 58 heavy (non-hydrogen) atoms. The Morgan fingerprint density at radius 3 is 2.09 bits per heavy atom. The van der Waals surface area contributed by atoms with Crippen LogP contribution in [0.1, 0.15) is 29.7 Å². The molecule has 4 aromatic rings. The molecule has 0 unspecified atom stereocenters. The first kappa shape index (κ1) is 43.3. The number of fused-ring (bicyclic) bond motifs is 1. The molecule has 3 heterocycles. The third-order valence-corrected chi connectivity index (χ3v) is 8.89. The molecule has 22 nitrogen and oxygen atoms in total. The topological polar surface area (TPSA) is 357 Å². The molecule has 22 heteroatoms. The summed E-state index contributed by atoms with van der Waals surface area (Å²) in [5, 5.41) is 44.6. The molecule has 1 aliphatic rings. The Kier molecular flexibility index (Phi) is 15.7. The molecule has 1 fully saturated rings. The minimum Gasteiger partial charge on any atom is -0.508 e. The van der Waals surface area contributed by atoms with E-state index in [1.165, 1.54) is 36.8 Å². The van der Waals surface area contributed by atoms with E-state index < -0.39 is 78.9 Å². The Morgan fingerprint density at radius 2 is 1.48 bits per heavy atom. The minimum atomic E-state index is -1.64. The second-order valence-corrected chi connectivity index (χ2v) is 13.0. The zero-order chi connectivity index (χ0) is 42.2. The van der Waals surface area contributed by atoms with Crippen molar-refractivity contribution in [3.8, 4) is 5.75 Å². The van der Waals surface area contributed by atoms with Crippen LogP contribution in [0.2, 0.25) is 0 Å². The SMILES string of the molecule is O=C(O)CNC(=O)[C@H](Cc1ccc(O)cc1)NC(=O)[C@H](CO)NC(=O)[C@H](Cc1c[nH]c2ccccc12)NC(=O)[C@H](Cc1cnc[nH]1)NC(=O)[C@@H]1CCC(=O)N1.[N-]=[N+]=N. The van der Waals surface area contributed by atoms with Gasteiger partial charge in [-0.25, -0.2) is 4.98 Å². The molecule has 2 aromatic carbocycles. The van der Waals surface area contributed by atoms with Crippen molar-refractivity contribution < 1.29 is 48.9 Å². The maximum absolute atomic E-state index is 14.0. The van der Waals surface area contributed by atoms with Crippen LogP contribution in [0.3, 0.4) is 0 Å². The van der Waals surface area contributed by atoms with E-state index in [9.17, 15) is 43.8 Å². The predicted molar refractivity (Wildman–Crippen MR) is 202 cm³/mol. The van der Waals surface area contributed by atoms with Crippen LogP contribution >= 0.6 is 0 Å². The van der Waals surface area contributed by atoms with Gasteiger partial charge in [0.1, 0.15) is 42.5 Å². The number of nitrogens with one attached hydrogen (secondary N) is 9. The number of carboxylic acids is 1. The monoisotopic (exact) mass is 802 g/mol. The number of nitrogens with zero attached hydrogens (tertiary/aromatic N) is 3. The molecule has 306 valence electrons. The van der Waals surface area contributed by atoms with E-state index >= 15 is 0 Å². The van der Waals surface area contributed by atoms with Crippen LogP contribution in [-0.2, 0) is 52.8 Å². The number of imidazole rings is 1. The van der Waals surface area contributed by atoms with Gasteiger partial charge in [0, 0.05) is 54.7 Å². The molecule has 0 aliphatic carbocycles. The Bertz CT molecular complexity index is 2120. The lowest BCUT2D eigenvalue weighted by Gasteiger charge is -2.26. The lowest BCUT2D eigenvalue weighted by Crippen LogP contribution is -2.60. The second-order valence-electron chi connectivity index (χ2n) is 13.0. The Labute approximate surface area is 329 Å². The fourth-order valence-corrected chi connectivity index (χ4v) is 6.01. The first-order valence-electron chi connectivity index (χ1n) is 17.7. The summed E-state index contributed by atoms with van der Waals surface area (Å²) in [5.41, 5.74) is 14.6. The number of carboxylic acid groups (broad SMARTS) is 1. The normalized spacial score (nSPS) is 15.2. The molecule has 0 spiro atoms. The number of rotatable bonds is 18. The average Bonchev–Trinajstić information content (AvgIpc) is 3.98. The predicted octanol–water partition coefficient (Wildman–Crippen LogP) is -1.09. The number of H-pyrrole nitrogens is 2. The number of aliphatic carboxylic acids is 1. The van der Waals surface area contributed by atoms with Gasteiger partial charge in [-0.05, 0) is 46.2 Å². The molecule has 0 saturated carbocycles.